The molecule has 6 heteroatoms. The highest BCUT2D eigenvalue weighted by molar-refractivity contribution is 7.98. The number of rotatable bonds is 5. The number of hydrogen-bond acceptors (Lipinski definition) is 4. The van der Waals surface area contributed by atoms with Crippen LogP contribution in [0.3, 0.4) is 0 Å². The predicted octanol–water partition coefficient (Wildman–Crippen LogP) is 2.85. The molecule has 0 aliphatic carbocycles. The Bertz CT molecular complexity index is 581. The van der Waals surface area contributed by atoms with Crippen molar-refractivity contribution in [2.75, 3.05) is 0 Å². The Labute approximate surface area is 115 Å². The molecule has 0 atom stereocenters. The minimum Gasteiger partial charge on any atom is -0.478 e. The molecule has 0 aliphatic rings. The molecule has 19 heavy (non-hydrogen) atoms. The summed E-state index contributed by atoms with van der Waals surface area (Å²) in [5, 5.41) is 14.0. The van der Waals surface area contributed by atoms with Crippen LogP contribution in [-0.2, 0) is 5.75 Å². The number of nitrogens with zero attached hydrogens (tertiary/aromatic N) is 3. The van der Waals surface area contributed by atoms with Crippen molar-refractivity contribution in [1.82, 2.24) is 14.8 Å². The Kier molecular flexibility index (Phi) is 4.21. The molecule has 100 valence electrons. The van der Waals surface area contributed by atoms with Crippen molar-refractivity contribution in [3.05, 3.63) is 41.9 Å². The fraction of sp³-hybridized carbons (Fsp3) is 0.308. The van der Waals surface area contributed by atoms with Gasteiger partial charge in [0.15, 0.2) is 0 Å². The smallest absolute Gasteiger partial charge is 0.335 e. The first kappa shape index (κ1) is 13.6. The molecule has 0 amide bonds. The summed E-state index contributed by atoms with van der Waals surface area (Å²) in [7, 11) is 0. The summed E-state index contributed by atoms with van der Waals surface area (Å²) in [6.07, 6.45) is 3.46. The lowest BCUT2D eigenvalue weighted by Crippen LogP contribution is -2.01. The van der Waals surface area contributed by atoms with Gasteiger partial charge in [0.2, 0.25) is 0 Å². The van der Waals surface area contributed by atoms with E-state index < -0.39 is 5.97 Å². The first-order valence-corrected chi connectivity index (χ1v) is 6.91. The van der Waals surface area contributed by atoms with Gasteiger partial charge in [-0.15, -0.1) is 0 Å². The highest BCUT2D eigenvalue weighted by atomic mass is 32.2. The van der Waals surface area contributed by atoms with E-state index in [2.05, 4.69) is 23.9 Å². The number of carbonyl (C=O) groups is 1. The summed E-state index contributed by atoms with van der Waals surface area (Å²) < 4.78 is 1.90. The summed E-state index contributed by atoms with van der Waals surface area (Å²) in [4.78, 5) is 15.0. The molecular weight excluding hydrogens is 262 g/mol. The third-order valence-electron chi connectivity index (χ3n) is 2.54. The number of carboxylic acids is 1. The third-order valence-corrected chi connectivity index (χ3v) is 3.50. The molecule has 0 saturated heterocycles. The van der Waals surface area contributed by atoms with Crippen LogP contribution in [0.5, 0.6) is 0 Å². The summed E-state index contributed by atoms with van der Waals surface area (Å²) in [6.45, 7) is 4.14. The van der Waals surface area contributed by atoms with E-state index in [-0.39, 0.29) is 5.56 Å². The van der Waals surface area contributed by atoms with Crippen LogP contribution >= 0.6 is 11.8 Å². The second-order valence-corrected chi connectivity index (χ2v) is 5.35. The predicted molar refractivity (Wildman–Crippen MR) is 73.4 cm³/mol. The van der Waals surface area contributed by atoms with E-state index in [9.17, 15) is 4.79 Å². The molecule has 0 fully saturated rings. The minimum atomic E-state index is -0.937. The molecule has 0 spiro atoms. The molecule has 2 rings (SSSR count). The van der Waals surface area contributed by atoms with Crippen LogP contribution in [0.1, 0.15) is 35.9 Å². The number of carboxylic acid groups (broad SMARTS) is 1. The molecule has 0 unspecified atom stereocenters. The first-order chi connectivity index (χ1) is 9.06. The highest BCUT2D eigenvalue weighted by Crippen LogP contribution is 2.21. The maximum atomic E-state index is 10.9. The third kappa shape index (κ3) is 3.57. The van der Waals surface area contributed by atoms with Gasteiger partial charge in [-0.05, 0) is 32.0 Å². The van der Waals surface area contributed by atoms with Crippen molar-refractivity contribution < 1.29 is 9.90 Å². The van der Waals surface area contributed by atoms with E-state index in [4.69, 9.17) is 5.11 Å². The summed E-state index contributed by atoms with van der Waals surface area (Å²) in [5.41, 5.74) is 1.21. The first-order valence-electron chi connectivity index (χ1n) is 5.92. The van der Waals surface area contributed by atoms with Crippen LogP contribution in [0.15, 0.2) is 35.6 Å². The second kappa shape index (κ2) is 5.88. The Hall–Kier alpha value is -1.82. The van der Waals surface area contributed by atoms with Crippen molar-refractivity contribution in [1.29, 1.82) is 0 Å². The normalized spacial score (nSPS) is 10.9. The molecule has 1 N–H and O–H groups in total. The Morgan fingerprint density at radius 3 is 2.89 bits per heavy atom. The van der Waals surface area contributed by atoms with Crippen LogP contribution in [0.4, 0.5) is 0 Å². The molecule has 2 aromatic heterocycles. The Morgan fingerprint density at radius 2 is 2.26 bits per heavy atom. The second-order valence-electron chi connectivity index (χ2n) is 4.36. The lowest BCUT2D eigenvalue weighted by Gasteiger charge is -2.04. The molecule has 0 aliphatic heterocycles. The van der Waals surface area contributed by atoms with E-state index in [0.717, 1.165) is 5.69 Å². The van der Waals surface area contributed by atoms with Gasteiger partial charge in [0.1, 0.15) is 0 Å². The average Bonchev–Trinajstić information content (AvgIpc) is 2.85. The zero-order chi connectivity index (χ0) is 13.8. The topological polar surface area (TPSA) is 68.0 Å². The quantitative estimate of drug-likeness (QED) is 0.851. The van der Waals surface area contributed by atoms with Crippen molar-refractivity contribution in [2.24, 2.45) is 0 Å². The summed E-state index contributed by atoms with van der Waals surface area (Å²) in [5.74, 6) is -0.260. The molecule has 0 saturated carbocycles. The van der Waals surface area contributed by atoms with Crippen molar-refractivity contribution >= 4 is 17.7 Å². The lowest BCUT2D eigenvalue weighted by atomic mass is 10.3. The number of pyridine rings is 1. The van der Waals surface area contributed by atoms with Crippen LogP contribution in [0, 0.1) is 0 Å². The van der Waals surface area contributed by atoms with Crippen molar-refractivity contribution in [2.45, 2.75) is 30.7 Å². The van der Waals surface area contributed by atoms with E-state index in [1.165, 1.54) is 24.0 Å². The van der Waals surface area contributed by atoms with E-state index in [0.29, 0.717) is 16.8 Å². The molecule has 0 bridgehead atoms. The summed E-state index contributed by atoms with van der Waals surface area (Å²) in [6, 6.07) is 5.37. The molecule has 0 aromatic carbocycles. The maximum Gasteiger partial charge on any atom is 0.335 e. The highest BCUT2D eigenvalue weighted by Gasteiger charge is 2.06. The van der Waals surface area contributed by atoms with Crippen LogP contribution in [0.2, 0.25) is 0 Å². The average molecular weight is 277 g/mol. The number of hydrogen-bond donors (Lipinski definition) is 1. The van der Waals surface area contributed by atoms with E-state index in [1.54, 1.807) is 6.07 Å². The van der Waals surface area contributed by atoms with Gasteiger partial charge < -0.3 is 5.11 Å². The zero-order valence-corrected chi connectivity index (χ0v) is 11.6. The fourth-order valence-electron chi connectivity index (χ4n) is 1.51. The molecule has 5 nitrogen and oxygen atoms in total. The largest absolute Gasteiger partial charge is 0.478 e. The monoisotopic (exact) mass is 277 g/mol. The van der Waals surface area contributed by atoms with Crippen LogP contribution < -0.4 is 0 Å². The molecular formula is C13H15N3O2S. The maximum absolute atomic E-state index is 10.9. The van der Waals surface area contributed by atoms with Crippen molar-refractivity contribution in [3.63, 3.8) is 0 Å². The number of thioether (sulfide) groups is 1. The van der Waals surface area contributed by atoms with Crippen LogP contribution in [0.25, 0.3) is 0 Å². The van der Waals surface area contributed by atoms with Gasteiger partial charge in [0, 0.05) is 24.2 Å². The van der Waals surface area contributed by atoms with Gasteiger partial charge in [0.25, 0.3) is 0 Å². The van der Waals surface area contributed by atoms with Gasteiger partial charge in [-0.25, -0.2) is 9.78 Å². The lowest BCUT2D eigenvalue weighted by molar-refractivity contribution is 0.0696. The number of aromatic nitrogens is 3. The SMILES string of the molecule is CC(C)n1ccc(CSc2cc(C(=O)O)ccn2)n1. The van der Waals surface area contributed by atoms with Gasteiger partial charge in [-0.1, -0.05) is 11.8 Å². The zero-order valence-electron chi connectivity index (χ0n) is 10.8. The summed E-state index contributed by atoms with van der Waals surface area (Å²) >= 11 is 1.48. The van der Waals surface area contributed by atoms with Crippen LogP contribution in [-0.4, -0.2) is 25.8 Å². The molecule has 2 aromatic rings. The number of aromatic carboxylic acids is 1. The Morgan fingerprint density at radius 1 is 1.47 bits per heavy atom. The standard InChI is InChI=1S/C13H15N3O2S/c1-9(2)16-6-4-11(15-16)8-19-12-7-10(13(17)18)3-5-14-12/h3-7,9H,8H2,1-2H3,(H,17,18). The van der Waals surface area contributed by atoms with Gasteiger partial charge in [-0.3, -0.25) is 4.68 Å². The molecule has 0 radical (unpaired) electrons. The fourth-order valence-corrected chi connectivity index (χ4v) is 2.31. The van der Waals surface area contributed by atoms with Gasteiger partial charge in [-0.2, -0.15) is 5.10 Å². The Balaban J connectivity index is 2.01. The van der Waals surface area contributed by atoms with E-state index >= 15 is 0 Å². The van der Waals surface area contributed by atoms with Gasteiger partial charge in [0.05, 0.1) is 16.3 Å². The van der Waals surface area contributed by atoms with Gasteiger partial charge >= 0.3 is 5.97 Å². The van der Waals surface area contributed by atoms with Crippen molar-refractivity contribution in [3.8, 4) is 0 Å². The minimum absolute atomic E-state index is 0.255. The van der Waals surface area contributed by atoms with E-state index in [1.807, 2.05) is 16.9 Å². The molecule has 2 heterocycles.